The van der Waals surface area contributed by atoms with Crippen LogP contribution in [0.5, 0.6) is 0 Å². The lowest BCUT2D eigenvalue weighted by Gasteiger charge is -2.24. The van der Waals surface area contributed by atoms with E-state index in [1.54, 1.807) is 0 Å². The van der Waals surface area contributed by atoms with Crippen LogP contribution in [0, 0.1) is 0 Å². The SMILES string of the molecule is CCOC(C)(C)CCCC(C)=CCOCC=C(C)CCCC(C)(C)OCC. The van der Waals surface area contributed by atoms with Crippen LogP contribution in [0.25, 0.3) is 0 Å². The van der Waals surface area contributed by atoms with Crippen LogP contribution in [0.4, 0.5) is 0 Å². The van der Waals surface area contributed by atoms with Gasteiger partial charge in [-0.3, -0.25) is 0 Å². The third-order valence-electron chi connectivity index (χ3n) is 4.87. The lowest BCUT2D eigenvalue weighted by atomic mass is 9.99. The molecule has 0 unspecified atom stereocenters. The van der Waals surface area contributed by atoms with Crippen molar-refractivity contribution >= 4 is 0 Å². The second-order valence-corrected chi connectivity index (χ2v) is 8.73. The molecule has 3 heteroatoms. The minimum absolute atomic E-state index is 0.00820. The fourth-order valence-electron chi connectivity index (χ4n) is 3.19. The van der Waals surface area contributed by atoms with Gasteiger partial charge in [0.15, 0.2) is 0 Å². The summed E-state index contributed by atoms with van der Waals surface area (Å²) >= 11 is 0. The standard InChI is InChI=1S/C24H46O3/c1-9-26-23(5,6)17-11-13-21(3)15-19-25-20-16-22(4)14-12-18-24(7,8)27-10-2/h15-16H,9-14,17-20H2,1-8H3. The molecule has 3 nitrogen and oxygen atoms in total. The highest BCUT2D eigenvalue weighted by molar-refractivity contribution is 5.00. The molecule has 0 rings (SSSR count). The van der Waals surface area contributed by atoms with Crippen LogP contribution >= 0.6 is 0 Å². The Hall–Kier alpha value is -0.640. The largest absolute Gasteiger partial charge is 0.376 e. The first-order chi connectivity index (χ1) is 12.6. The van der Waals surface area contributed by atoms with Crippen molar-refractivity contribution in [1.29, 1.82) is 0 Å². The Labute approximate surface area is 169 Å². The van der Waals surface area contributed by atoms with E-state index < -0.39 is 0 Å². The van der Waals surface area contributed by atoms with Gasteiger partial charge in [0.25, 0.3) is 0 Å². The first-order valence-electron chi connectivity index (χ1n) is 10.8. The summed E-state index contributed by atoms with van der Waals surface area (Å²) < 4.78 is 17.2. The zero-order chi connectivity index (χ0) is 20.8. The molecule has 0 aliphatic rings. The van der Waals surface area contributed by atoms with Gasteiger partial charge in [-0.1, -0.05) is 23.3 Å². The summed E-state index contributed by atoms with van der Waals surface area (Å²) in [5.74, 6) is 0. The second-order valence-electron chi connectivity index (χ2n) is 8.73. The predicted molar refractivity (Wildman–Crippen MR) is 117 cm³/mol. The maximum Gasteiger partial charge on any atom is 0.0654 e. The molecule has 0 aliphatic carbocycles. The molecule has 160 valence electrons. The third kappa shape index (κ3) is 16.1. The van der Waals surface area contributed by atoms with E-state index in [0.717, 1.165) is 51.7 Å². The Kier molecular flexibility index (Phi) is 14.0. The number of allylic oxidation sites excluding steroid dienone is 2. The highest BCUT2D eigenvalue weighted by atomic mass is 16.5. The molecule has 0 aromatic rings. The van der Waals surface area contributed by atoms with Gasteiger partial charge < -0.3 is 14.2 Å². The molecule has 0 heterocycles. The maximum absolute atomic E-state index is 5.75. The van der Waals surface area contributed by atoms with Gasteiger partial charge in [0.05, 0.1) is 24.4 Å². The van der Waals surface area contributed by atoms with Gasteiger partial charge in [0, 0.05) is 13.2 Å². The number of hydrogen-bond donors (Lipinski definition) is 0. The van der Waals surface area contributed by atoms with Crippen LogP contribution in [-0.4, -0.2) is 37.6 Å². The van der Waals surface area contributed by atoms with Crippen molar-refractivity contribution in [2.24, 2.45) is 0 Å². The van der Waals surface area contributed by atoms with Crippen molar-refractivity contribution < 1.29 is 14.2 Å². The van der Waals surface area contributed by atoms with Crippen LogP contribution in [-0.2, 0) is 14.2 Å². The molecule has 0 N–H and O–H groups in total. The second kappa shape index (κ2) is 14.4. The monoisotopic (exact) mass is 382 g/mol. The summed E-state index contributed by atoms with van der Waals surface area (Å²) in [5.41, 5.74) is 2.79. The first kappa shape index (κ1) is 26.4. The fraction of sp³-hybridized carbons (Fsp3) is 0.833. The molecule has 0 fully saturated rings. The number of ether oxygens (including phenoxy) is 3. The van der Waals surface area contributed by atoms with E-state index >= 15 is 0 Å². The van der Waals surface area contributed by atoms with Crippen molar-refractivity contribution in [3.8, 4) is 0 Å². The average Bonchev–Trinajstić information content (AvgIpc) is 2.53. The van der Waals surface area contributed by atoms with Crippen LogP contribution in [0.1, 0.15) is 93.9 Å². The summed E-state index contributed by atoms with van der Waals surface area (Å²) in [7, 11) is 0. The van der Waals surface area contributed by atoms with Crippen LogP contribution in [0.15, 0.2) is 23.3 Å². The van der Waals surface area contributed by atoms with Gasteiger partial charge in [-0.2, -0.15) is 0 Å². The van der Waals surface area contributed by atoms with Crippen molar-refractivity contribution in [3.05, 3.63) is 23.3 Å². The topological polar surface area (TPSA) is 27.7 Å². The van der Waals surface area contributed by atoms with Gasteiger partial charge >= 0.3 is 0 Å². The van der Waals surface area contributed by atoms with Crippen molar-refractivity contribution in [3.63, 3.8) is 0 Å². The fourth-order valence-corrected chi connectivity index (χ4v) is 3.19. The molecule has 0 atom stereocenters. The molecule has 0 bridgehead atoms. The van der Waals surface area contributed by atoms with E-state index in [4.69, 9.17) is 14.2 Å². The lowest BCUT2D eigenvalue weighted by molar-refractivity contribution is -0.0176. The molecular weight excluding hydrogens is 336 g/mol. The van der Waals surface area contributed by atoms with E-state index in [1.807, 2.05) is 0 Å². The predicted octanol–water partition coefficient (Wildman–Crippen LogP) is 6.87. The summed E-state index contributed by atoms with van der Waals surface area (Å²) in [6, 6.07) is 0. The van der Waals surface area contributed by atoms with Gasteiger partial charge in [0.1, 0.15) is 0 Å². The van der Waals surface area contributed by atoms with Gasteiger partial charge in [-0.25, -0.2) is 0 Å². The highest BCUT2D eigenvalue weighted by Gasteiger charge is 2.17. The van der Waals surface area contributed by atoms with E-state index in [-0.39, 0.29) is 11.2 Å². The molecule has 27 heavy (non-hydrogen) atoms. The number of hydrogen-bond acceptors (Lipinski definition) is 3. The highest BCUT2D eigenvalue weighted by Crippen LogP contribution is 2.20. The lowest BCUT2D eigenvalue weighted by Crippen LogP contribution is -2.24. The Morgan fingerprint density at radius 1 is 0.704 bits per heavy atom. The van der Waals surface area contributed by atoms with Crippen LogP contribution in [0.3, 0.4) is 0 Å². The van der Waals surface area contributed by atoms with E-state index in [1.165, 1.54) is 11.1 Å². The minimum atomic E-state index is -0.00820. The summed E-state index contributed by atoms with van der Waals surface area (Å²) in [6.07, 6.45) is 11.2. The van der Waals surface area contributed by atoms with Crippen LogP contribution in [0.2, 0.25) is 0 Å². The van der Waals surface area contributed by atoms with Crippen molar-refractivity contribution in [1.82, 2.24) is 0 Å². The molecule has 0 spiro atoms. The Morgan fingerprint density at radius 3 is 1.41 bits per heavy atom. The Bertz CT molecular complexity index is 393. The zero-order valence-electron chi connectivity index (χ0n) is 19.5. The first-order valence-corrected chi connectivity index (χ1v) is 10.8. The molecule has 0 saturated carbocycles. The normalized spacial score (nSPS) is 14.1. The molecule has 0 aromatic carbocycles. The van der Waals surface area contributed by atoms with Crippen molar-refractivity contribution in [2.45, 2.75) is 105 Å². The van der Waals surface area contributed by atoms with Gasteiger partial charge in [-0.05, 0) is 93.9 Å². The zero-order valence-corrected chi connectivity index (χ0v) is 19.5. The molecule has 0 aliphatic heterocycles. The Morgan fingerprint density at radius 2 is 1.07 bits per heavy atom. The molecular formula is C24H46O3. The van der Waals surface area contributed by atoms with E-state index in [0.29, 0.717) is 13.2 Å². The molecule has 0 amide bonds. The Balaban J connectivity index is 3.88. The molecule has 0 aromatic heterocycles. The van der Waals surface area contributed by atoms with E-state index in [9.17, 15) is 0 Å². The summed E-state index contributed by atoms with van der Waals surface area (Å²) in [5, 5.41) is 0. The molecule has 0 saturated heterocycles. The van der Waals surface area contributed by atoms with E-state index in [2.05, 4.69) is 67.5 Å². The maximum atomic E-state index is 5.75. The molecule has 0 radical (unpaired) electrons. The summed E-state index contributed by atoms with van der Waals surface area (Å²) in [4.78, 5) is 0. The average molecular weight is 383 g/mol. The van der Waals surface area contributed by atoms with Crippen molar-refractivity contribution in [2.75, 3.05) is 26.4 Å². The summed E-state index contributed by atoms with van der Waals surface area (Å²) in [6.45, 7) is 20.1. The van der Waals surface area contributed by atoms with Crippen LogP contribution < -0.4 is 0 Å². The smallest absolute Gasteiger partial charge is 0.0654 e. The van der Waals surface area contributed by atoms with Gasteiger partial charge in [0.2, 0.25) is 0 Å². The van der Waals surface area contributed by atoms with Gasteiger partial charge in [-0.15, -0.1) is 0 Å². The number of rotatable bonds is 16. The minimum Gasteiger partial charge on any atom is -0.376 e. The third-order valence-corrected chi connectivity index (χ3v) is 4.87. The quantitative estimate of drug-likeness (QED) is 0.215.